The second-order valence-electron chi connectivity index (χ2n) is 6.31. The van der Waals surface area contributed by atoms with E-state index in [0.29, 0.717) is 10.6 Å². The molecule has 2 aromatic heterocycles. The minimum absolute atomic E-state index is 0.0687. The van der Waals surface area contributed by atoms with E-state index in [1.54, 1.807) is 12.1 Å². The van der Waals surface area contributed by atoms with Crippen molar-refractivity contribution in [2.24, 2.45) is 0 Å². The molecule has 0 spiro atoms. The molecule has 150 valence electrons. The summed E-state index contributed by atoms with van der Waals surface area (Å²) in [6.45, 7) is 0. The SMILES string of the molecule is N#Cc1c(-c2ccc(Cl)cc2Cl)[nH]n2c(=O)c(-c3ccc(C(F)(F)F)cc3)cnc12. The molecule has 0 atom stereocenters. The molecule has 0 fully saturated rings. The van der Waals surface area contributed by atoms with Gasteiger partial charge in [0.2, 0.25) is 0 Å². The summed E-state index contributed by atoms with van der Waals surface area (Å²) in [5.74, 6) is 0. The number of hydrogen-bond acceptors (Lipinski definition) is 3. The first-order chi connectivity index (χ1) is 14.2. The maximum Gasteiger partial charge on any atom is 0.416 e. The van der Waals surface area contributed by atoms with Gasteiger partial charge in [-0.2, -0.15) is 22.9 Å². The molecule has 0 saturated heterocycles. The number of halogens is 5. The van der Waals surface area contributed by atoms with E-state index in [1.807, 2.05) is 6.07 Å². The first kappa shape index (κ1) is 20.0. The highest BCUT2D eigenvalue weighted by Gasteiger charge is 2.30. The number of H-pyrrole nitrogens is 1. The fraction of sp³-hybridized carbons (Fsp3) is 0.0500. The van der Waals surface area contributed by atoms with Crippen molar-refractivity contribution in [3.8, 4) is 28.5 Å². The molecule has 10 heteroatoms. The lowest BCUT2D eigenvalue weighted by atomic mass is 10.1. The zero-order valence-corrected chi connectivity index (χ0v) is 16.3. The summed E-state index contributed by atoms with van der Waals surface area (Å²) in [7, 11) is 0. The molecule has 0 aliphatic rings. The first-order valence-electron chi connectivity index (χ1n) is 8.37. The summed E-state index contributed by atoms with van der Waals surface area (Å²) in [4.78, 5) is 17.1. The number of rotatable bonds is 2. The molecule has 0 amide bonds. The van der Waals surface area contributed by atoms with Crippen LogP contribution in [0.5, 0.6) is 0 Å². The fourth-order valence-corrected chi connectivity index (χ4v) is 3.55. The normalized spacial score (nSPS) is 11.6. The van der Waals surface area contributed by atoms with Crippen LogP contribution in [-0.4, -0.2) is 14.6 Å². The van der Waals surface area contributed by atoms with Crippen LogP contribution in [0.4, 0.5) is 13.2 Å². The molecule has 0 unspecified atom stereocenters. The van der Waals surface area contributed by atoms with Gasteiger partial charge in [0, 0.05) is 16.8 Å². The standard InChI is InChI=1S/C20H9Cl2F3N4O/c21-12-5-6-13(16(22)7-12)17-14(8-26)18-27-9-15(19(30)29(18)28-17)10-1-3-11(4-2-10)20(23,24)25/h1-7,9,28H. The first-order valence-corrected chi connectivity index (χ1v) is 9.13. The minimum atomic E-state index is -4.48. The molecule has 4 aromatic rings. The van der Waals surface area contributed by atoms with Gasteiger partial charge in [-0.3, -0.25) is 9.89 Å². The van der Waals surface area contributed by atoms with Crippen LogP contribution < -0.4 is 5.56 Å². The average Bonchev–Trinajstić information content (AvgIpc) is 3.07. The van der Waals surface area contributed by atoms with Crippen molar-refractivity contribution in [2.45, 2.75) is 6.18 Å². The zero-order valence-electron chi connectivity index (χ0n) is 14.8. The van der Waals surface area contributed by atoms with E-state index in [-0.39, 0.29) is 33.1 Å². The van der Waals surface area contributed by atoms with Crippen LogP contribution in [0.3, 0.4) is 0 Å². The Morgan fingerprint density at radius 3 is 2.37 bits per heavy atom. The van der Waals surface area contributed by atoms with Gasteiger partial charge >= 0.3 is 6.18 Å². The quantitative estimate of drug-likeness (QED) is 0.436. The van der Waals surface area contributed by atoms with Crippen LogP contribution in [0, 0.1) is 11.3 Å². The van der Waals surface area contributed by atoms with Gasteiger partial charge in [0.1, 0.15) is 11.6 Å². The number of nitriles is 1. The van der Waals surface area contributed by atoms with Crippen LogP contribution >= 0.6 is 23.2 Å². The fourth-order valence-electron chi connectivity index (χ4n) is 3.04. The number of hydrogen-bond donors (Lipinski definition) is 1. The van der Waals surface area contributed by atoms with Crippen molar-refractivity contribution >= 4 is 28.8 Å². The van der Waals surface area contributed by atoms with Crippen molar-refractivity contribution in [1.29, 1.82) is 5.26 Å². The second-order valence-corrected chi connectivity index (χ2v) is 7.15. The molecule has 0 radical (unpaired) electrons. The van der Waals surface area contributed by atoms with Crippen LogP contribution in [0.2, 0.25) is 10.0 Å². The Kier molecular flexibility index (Phi) is 4.80. The van der Waals surface area contributed by atoms with E-state index in [9.17, 15) is 23.2 Å². The predicted molar refractivity (Wildman–Crippen MR) is 106 cm³/mol. The Balaban J connectivity index is 1.90. The van der Waals surface area contributed by atoms with Crippen molar-refractivity contribution in [3.63, 3.8) is 0 Å². The lowest BCUT2D eigenvalue weighted by molar-refractivity contribution is -0.137. The molecule has 0 saturated carbocycles. The van der Waals surface area contributed by atoms with Crippen LogP contribution in [-0.2, 0) is 6.18 Å². The summed E-state index contributed by atoms with van der Waals surface area (Å²) < 4.78 is 39.4. The smallest absolute Gasteiger partial charge is 0.287 e. The van der Waals surface area contributed by atoms with Gasteiger partial charge in [-0.05, 0) is 35.9 Å². The third-order valence-electron chi connectivity index (χ3n) is 4.49. The summed E-state index contributed by atoms with van der Waals surface area (Å²) in [6.07, 6.45) is -3.26. The molecule has 5 nitrogen and oxygen atoms in total. The van der Waals surface area contributed by atoms with Gasteiger partial charge in [-0.1, -0.05) is 35.3 Å². The molecule has 30 heavy (non-hydrogen) atoms. The Morgan fingerprint density at radius 1 is 1.07 bits per heavy atom. The number of fused-ring (bicyclic) bond motifs is 1. The maximum atomic E-state index is 13.0. The average molecular weight is 449 g/mol. The Labute approximate surface area is 176 Å². The van der Waals surface area contributed by atoms with E-state index < -0.39 is 17.3 Å². The summed E-state index contributed by atoms with van der Waals surface area (Å²) in [5.41, 5.74) is -0.199. The molecule has 0 aliphatic carbocycles. The van der Waals surface area contributed by atoms with E-state index in [1.165, 1.54) is 24.4 Å². The van der Waals surface area contributed by atoms with Crippen LogP contribution in [0.25, 0.3) is 28.0 Å². The number of alkyl halides is 3. The number of benzene rings is 2. The molecule has 1 N–H and O–H groups in total. The molecule has 0 aliphatic heterocycles. The van der Waals surface area contributed by atoms with Gasteiger partial charge < -0.3 is 0 Å². The lowest BCUT2D eigenvalue weighted by Crippen LogP contribution is -2.17. The van der Waals surface area contributed by atoms with Crippen LogP contribution in [0.1, 0.15) is 11.1 Å². The van der Waals surface area contributed by atoms with Crippen LogP contribution in [0.15, 0.2) is 53.5 Å². The molecule has 0 bridgehead atoms. The van der Waals surface area contributed by atoms with Gasteiger partial charge in [0.25, 0.3) is 5.56 Å². The van der Waals surface area contributed by atoms with Crippen molar-refractivity contribution in [3.05, 3.63) is 80.2 Å². The summed E-state index contributed by atoms with van der Waals surface area (Å²) in [6, 6.07) is 10.8. The van der Waals surface area contributed by atoms with Crippen molar-refractivity contribution in [1.82, 2.24) is 14.6 Å². The highest BCUT2D eigenvalue weighted by Crippen LogP contribution is 2.33. The molecule has 2 heterocycles. The molecule has 4 rings (SSSR count). The Bertz CT molecular complexity index is 1380. The van der Waals surface area contributed by atoms with E-state index in [2.05, 4.69) is 10.1 Å². The monoisotopic (exact) mass is 448 g/mol. The van der Waals surface area contributed by atoms with Gasteiger partial charge in [0.15, 0.2) is 5.65 Å². The van der Waals surface area contributed by atoms with Crippen molar-refractivity contribution in [2.75, 3.05) is 0 Å². The molecule has 2 aromatic carbocycles. The van der Waals surface area contributed by atoms with E-state index >= 15 is 0 Å². The maximum absolute atomic E-state index is 13.0. The molecular weight excluding hydrogens is 440 g/mol. The Morgan fingerprint density at radius 2 is 1.77 bits per heavy atom. The molecular formula is C20H9Cl2F3N4O. The highest BCUT2D eigenvalue weighted by atomic mass is 35.5. The van der Waals surface area contributed by atoms with Gasteiger partial charge in [0.05, 0.1) is 21.8 Å². The van der Waals surface area contributed by atoms with E-state index in [4.69, 9.17) is 23.2 Å². The van der Waals surface area contributed by atoms with Gasteiger partial charge in [-0.15, -0.1) is 0 Å². The third-order valence-corrected chi connectivity index (χ3v) is 5.04. The highest BCUT2D eigenvalue weighted by molar-refractivity contribution is 6.36. The largest absolute Gasteiger partial charge is 0.416 e. The summed E-state index contributed by atoms with van der Waals surface area (Å²) >= 11 is 12.1. The number of aromatic amines is 1. The zero-order chi connectivity index (χ0) is 21.6. The van der Waals surface area contributed by atoms with Crippen molar-refractivity contribution < 1.29 is 13.2 Å². The second kappa shape index (κ2) is 7.20. The summed E-state index contributed by atoms with van der Waals surface area (Å²) in [5, 5.41) is 13.1. The third kappa shape index (κ3) is 3.32. The number of nitrogens with zero attached hydrogens (tertiary/aromatic N) is 3. The number of aromatic nitrogens is 3. The lowest BCUT2D eigenvalue weighted by Gasteiger charge is -2.07. The van der Waals surface area contributed by atoms with E-state index in [0.717, 1.165) is 16.6 Å². The predicted octanol–water partition coefficient (Wildman–Crippen LogP) is 5.55. The van der Waals surface area contributed by atoms with Gasteiger partial charge in [-0.25, -0.2) is 4.98 Å². The Hall–Kier alpha value is -3.28. The minimum Gasteiger partial charge on any atom is -0.287 e. The topological polar surface area (TPSA) is 73.9 Å². The number of nitrogens with one attached hydrogen (secondary N) is 1.